The molecule has 4 rings (SSSR count). The van der Waals surface area contributed by atoms with Gasteiger partial charge in [0.15, 0.2) is 0 Å². The van der Waals surface area contributed by atoms with Crippen molar-refractivity contribution in [1.82, 2.24) is 4.98 Å². The Morgan fingerprint density at radius 2 is 1.60 bits per heavy atom. The van der Waals surface area contributed by atoms with Gasteiger partial charge >= 0.3 is 0 Å². The Kier molecular flexibility index (Phi) is 2.91. The van der Waals surface area contributed by atoms with Gasteiger partial charge in [-0.15, -0.1) is 0 Å². The van der Waals surface area contributed by atoms with Crippen molar-refractivity contribution in [2.45, 2.75) is 38.5 Å². The fourth-order valence-corrected chi connectivity index (χ4v) is 3.52. The summed E-state index contributed by atoms with van der Waals surface area (Å²) in [6.07, 6.45) is 9.83. The average molecular weight is 261 g/mol. The summed E-state index contributed by atoms with van der Waals surface area (Å²) < 4.78 is 0. The Labute approximate surface area is 119 Å². The van der Waals surface area contributed by atoms with Crippen LogP contribution in [0.3, 0.4) is 0 Å². The summed E-state index contributed by atoms with van der Waals surface area (Å²) >= 11 is 0. The number of aromatic nitrogens is 1. The molecule has 0 radical (unpaired) electrons. The van der Waals surface area contributed by atoms with E-state index in [4.69, 9.17) is 4.98 Å². The van der Waals surface area contributed by atoms with Crippen molar-refractivity contribution in [3.8, 4) is 0 Å². The number of hydrogen-bond acceptors (Lipinski definition) is 1. The molecule has 0 amide bonds. The van der Waals surface area contributed by atoms with Gasteiger partial charge in [0.2, 0.25) is 0 Å². The fraction of sp³-hybridized carbons (Fsp3) is 0.316. The molecule has 3 aromatic rings. The summed E-state index contributed by atoms with van der Waals surface area (Å²) in [6.45, 7) is 0. The number of aryl methyl sites for hydroxylation is 2. The molecule has 0 unspecified atom stereocenters. The summed E-state index contributed by atoms with van der Waals surface area (Å²) in [5, 5.41) is 3.90. The van der Waals surface area contributed by atoms with Gasteiger partial charge < -0.3 is 0 Å². The van der Waals surface area contributed by atoms with E-state index in [9.17, 15) is 0 Å². The van der Waals surface area contributed by atoms with Crippen LogP contribution in [0.25, 0.3) is 21.7 Å². The zero-order chi connectivity index (χ0) is 13.4. The largest absolute Gasteiger partial charge is 0.255 e. The van der Waals surface area contributed by atoms with Gasteiger partial charge in [-0.2, -0.15) is 0 Å². The van der Waals surface area contributed by atoms with Crippen molar-refractivity contribution < 1.29 is 0 Å². The highest BCUT2D eigenvalue weighted by Crippen LogP contribution is 2.30. The molecule has 1 aliphatic carbocycles. The van der Waals surface area contributed by atoms with E-state index in [1.54, 1.807) is 0 Å². The quantitative estimate of drug-likeness (QED) is 0.516. The van der Waals surface area contributed by atoms with Gasteiger partial charge in [-0.25, -0.2) is 0 Å². The molecule has 1 aliphatic rings. The molecule has 0 fully saturated rings. The maximum Gasteiger partial charge on any atom is 0.0743 e. The molecule has 2 aromatic carbocycles. The monoisotopic (exact) mass is 261 g/mol. The van der Waals surface area contributed by atoms with Gasteiger partial charge in [-0.3, -0.25) is 4.98 Å². The first-order valence-electron chi connectivity index (χ1n) is 7.72. The van der Waals surface area contributed by atoms with Gasteiger partial charge in [-0.05, 0) is 42.2 Å². The second kappa shape index (κ2) is 4.90. The molecular weight excluding hydrogens is 242 g/mol. The summed E-state index contributed by atoms with van der Waals surface area (Å²) in [7, 11) is 0. The first-order valence-corrected chi connectivity index (χ1v) is 7.72. The molecule has 1 aromatic heterocycles. The van der Waals surface area contributed by atoms with E-state index in [-0.39, 0.29) is 0 Å². The van der Waals surface area contributed by atoms with Crippen LogP contribution in [0.15, 0.2) is 42.6 Å². The van der Waals surface area contributed by atoms with E-state index >= 15 is 0 Å². The summed E-state index contributed by atoms with van der Waals surface area (Å²) in [4.78, 5) is 4.79. The predicted molar refractivity (Wildman–Crippen MR) is 85.1 cm³/mol. The van der Waals surface area contributed by atoms with E-state index < -0.39 is 0 Å². The van der Waals surface area contributed by atoms with Gasteiger partial charge in [0.1, 0.15) is 0 Å². The van der Waals surface area contributed by atoms with Crippen molar-refractivity contribution in [1.29, 1.82) is 0 Å². The number of rotatable bonds is 0. The highest BCUT2D eigenvalue weighted by Gasteiger charge is 2.12. The Morgan fingerprint density at radius 3 is 2.55 bits per heavy atom. The van der Waals surface area contributed by atoms with Crippen LogP contribution in [-0.4, -0.2) is 4.98 Å². The second-order valence-electron chi connectivity index (χ2n) is 5.86. The Hall–Kier alpha value is -1.89. The first-order chi connectivity index (χ1) is 9.93. The Bertz CT molecular complexity index is 773. The van der Waals surface area contributed by atoms with E-state index in [1.165, 1.54) is 71.3 Å². The minimum absolute atomic E-state index is 1.19. The second-order valence-corrected chi connectivity index (χ2v) is 5.86. The third kappa shape index (κ3) is 1.89. The Balaban J connectivity index is 2.03. The van der Waals surface area contributed by atoms with E-state index in [1.807, 2.05) is 6.20 Å². The number of benzene rings is 2. The highest BCUT2D eigenvalue weighted by atomic mass is 14.7. The zero-order valence-electron chi connectivity index (χ0n) is 11.7. The lowest BCUT2D eigenvalue weighted by Crippen LogP contribution is -2.01. The van der Waals surface area contributed by atoms with Crippen molar-refractivity contribution >= 4 is 21.7 Å². The fourth-order valence-electron chi connectivity index (χ4n) is 3.52. The summed E-state index contributed by atoms with van der Waals surface area (Å²) in [5.41, 5.74) is 4.27. The lowest BCUT2D eigenvalue weighted by molar-refractivity contribution is 0.618. The smallest absolute Gasteiger partial charge is 0.0743 e. The SMILES string of the molecule is c1ccc2c(c1)cnc1c3c(ccc12)CCCCCC3. The number of fused-ring (bicyclic) bond motifs is 5. The van der Waals surface area contributed by atoms with Crippen LogP contribution in [0.1, 0.15) is 36.8 Å². The topological polar surface area (TPSA) is 12.9 Å². The molecule has 1 heteroatoms. The maximum absolute atomic E-state index is 4.79. The molecule has 0 N–H and O–H groups in total. The van der Waals surface area contributed by atoms with Gasteiger partial charge in [0, 0.05) is 17.0 Å². The van der Waals surface area contributed by atoms with E-state index in [0.717, 1.165) is 0 Å². The molecule has 1 heterocycles. The normalized spacial score (nSPS) is 15.8. The molecule has 0 saturated carbocycles. The molecule has 0 atom stereocenters. The zero-order valence-corrected chi connectivity index (χ0v) is 11.7. The number of nitrogens with zero attached hydrogens (tertiary/aromatic N) is 1. The van der Waals surface area contributed by atoms with Crippen LogP contribution >= 0.6 is 0 Å². The average Bonchev–Trinajstić information content (AvgIpc) is 2.47. The summed E-state index contributed by atoms with van der Waals surface area (Å²) in [6, 6.07) is 13.2. The van der Waals surface area contributed by atoms with Crippen molar-refractivity contribution in [3.63, 3.8) is 0 Å². The van der Waals surface area contributed by atoms with Crippen molar-refractivity contribution in [2.75, 3.05) is 0 Å². The number of pyridine rings is 1. The standard InChI is InChI=1S/C19H19N/c1-2-4-10-17-14(7-3-1)11-12-18-16-9-6-5-8-15(16)13-20-19(17)18/h5-6,8-9,11-13H,1-4,7,10H2. The maximum atomic E-state index is 4.79. The van der Waals surface area contributed by atoms with Crippen LogP contribution in [0.2, 0.25) is 0 Å². The molecular formula is C19H19N. The molecule has 0 bridgehead atoms. The molecule has 20 heavy (non-hydrogen) atoms. The van der Waals surface area contributed by atoms with E-state index in [2.05, 4.69) is 36.4 Å². The lowest BCUT2D eigenvalue weighted by atomic mass is 9.90. The van der Waals surface area contributed by atoms with Gasteiger partial charge in [0.25, 0.3) is 0 Å². The van der Waals surface area contributed by atoms with Crippen LogP contribution in [0, 0.1) is 0 Å². The van der Waals surface area contributed by atoms with Crippen LogP contribution < -0.4 is 0 Å². The van der Waals surface area contributed by atoms with Crippen molar-refractivity contribution in [3.05, 3.63) is 53.7 Å². The van der Waals surface area contributed by atoms with Crippen LogP contribution in [-0.2, 0) is 12.8 Å². The molecule has 0 saturated heterocycles. The third-order valence-electron chi connectivity index (χ3n) is 4.59. The molecule has 100 valence electrons. The highest BCUT2D eigenvalue weighted by molar-refractivity contribution is 6.06. The van der Waals surface area contributed by atoms with Gasteiger partial charge in [0.05, 0.1) is 5.52 Å². The first kappa shape index (κ1) is 11.9. The van der Waals surface area contributed by atoms with Crippen LogP contribution in [0.5, 0.6) is 0 Å². The third-order valence-corrected chi connectivity index (χ3v) is 4.59. The molecule has 1 nitrogen and oxygen atoms in total. The molecule has 0 spiro atoms. The Morgan fingerprint density at radius 1 is 0.750 bits per heavy atom. The van der Waals surface area contributed by atoms with Crippen molar-refractivity contribution in [2.24, 2.45) is 0 Å². The van der Waals surface area contributed by atoms with Gasteiger partial charge in [-0.1, -0.05) is 49.2 Å². The van der Waals surface area contributed by atoms with Crippen LogP contribution in [0.4, 0.5) is 0 Å². The summed E-state index contributed by atoms with van der Waals surface area (Å²) in [5.74, 6) is 0. The van der Waals surface area contributed by atoms with E-state index in [0.29, 0.717) is 0 Å². The number of hydrogen-bond donors (Lipinski definition) is 0. The minimum atomic E-state index is 1.19. The predicted octanol–water partition coefficient (Wildman–Crippen LogP) is 5.05. The molecule has 0 aliphatic heterocycles. The minimum Gasteiger partial charge on any atom is -0.255 e. The lowest BCUT2D eigenvalue weighted by Gasteiger charge is -2.16.